The predicted octanol–water partition coefficient (Wildman–Crippen LogP) is 10.3. The molecule has 4 atom stereocenters. The predicted molar refractivity (Wildman–Crippen MR) is 198 cm³/mol. The largest absolute Gasteiger partial charge is 0.333 e. The maximum Gasteiger partial charge on any atom is 0.0998 e. The molecule has 0 radical (unpaired) electrons. The highest BCUT2D eigenvalue weighted by Crippen LogP contribution is 2.54. The minimum atomic E-state index is -0.193. The minimum Gasteiger partial charge on any atom is -0.333 e. The van der Waals surface area contributed by atoms with Gasteiger partial charge in [-0.1, -0.05) is 91.0 Å². The van der Waals surface area contributed by atoms with Crippen LogP contribution in [-0.4, -0.2) is 12.1 Å². The van der Waals surface area contributed by atoms with Crippen LogP contribution in [0.15, 0.2) is 145 Å². The molecule has 5 aromatic carbocycles. The monoisotopic (exact) mass is 641 g/mol. The van der Waals surface area contributed by atoms with Crippen LogP contribution in [0.25, 0.3) is 22.3 Å². The second kappa shape index (κ2) is 11.8. The smallest absolute Gasteiger partial charge is 0.0998 e. The van der Waals surface area contributed by atoms with Crippen LogP contribution in [0, 0.1) is 34.0 Å². The summed E-state index contributed by atoms with van der Waals surface area (Å²) in [5.74, 6) is 0.438. The van der Waals surface area contributed by atoms with Crippen LogP contribution in [0.2, 0.25) is 0 Å². The fourth-order valence-corrected chi connectivity index (χ4v) is 8.61. The van der Waals surface area contributed by atoms with Crippen molar-refractivity contribution in [3.05, 3.63) is 167 Å². The summed E-state index contributed by atoms with van der Waals surface area (Å²) in [6.07, 6.45) is 12.6. The van der Waals surface area contributed by atoms with Gasteiger partial charge in [0.05, 0.1) is 47.1 Å². The van der Waals surface area contributed by atoms with E-state index < -0.39 is 0 Å². The number of nitrogens with zero attached hydrogens (tertiary/aromatic N) is 5. The molecule has 5 heteroatoms. The fraction of sp³-hybridized carbons (Fsp3) is 0.133. The van der Waals surface area contributed by atoms with E-state index in [0.717, 1.165) is 63.3 Å². The highest BCUT2D eigenvalue weighted by atomic mass is 15.2. The van der Waals surface area contributed by atoms with Gasteiger partial charge in [0, 0.05) is 40.0 Å². The summed E-state index contributed by atoms with van der Waals surface area (Å²) >= 11 is 0. The van der Waals surface area contributed by atoms with Gasteiger partial charge in [0.1, 0.15) is 0 Å². The van der Waals surface area contributed by atoms with Crippen molar-refractivity contribution in [3.8, 4) is 40.5 Å². The zero-order valence-electron chi connectivity index (χ0n) is 27.2. The van der Waals surface area contributed by atoms with Gasteiger partial charge in [0.15, 0.2) is 0 Å². The molecule has 5 nitrogen and oxygen atoms in total. The molecule has 2 aliphatic heterocycles. The molecule has 0 bridgehead atoms. The zero-order chi connectivity index (χ0) is 33.8. The van der Waals surface area contributed by atoms with E-state index in [0.29, 0.717) is 17.0 Å². The van der Waals surface area contributed by atoms with Crippen LogP contribution in [0.3, 0.4) is 0 Å². The summed E-state index contributed by atoms with van der Waals surface area (Å²) in [6.45, 7) is 0. The lowest BCUT2D eigenvalue weighted by Crippen LogP contribution is -2.34. The average molecular weight is 642 g/mol. The molecule has 236 valence electrons. The first kappa shape index (κ1) is 29.5. The van der Waals surface area contributed by atoms with Crippen molar-refractivity contribution in [2.75, 3.05) is 9.80 Å². The summed E-state index contributed by atoms with van der Waals surface area (Å²) in [6, 6.07) is 44.8. The Balaban J connectivity index is 1.08. The Bertz CT molecular complexity index is 2390. The lowest BCUT2D eigenvalue weighted by Gasteiger charge is -2.34. The van der Waals surface area contributed by atoms with Crippen molar-refractivity contribution in [1.82, 2.24) is 0 Å². The summed E-state index contributed by atoms with van der Waals surface area (Å²) in [5.41, 5.74) is 12.6. The lowest BCUT2D eigenvalue weighted by atomic mass is 9.81. The van der Waals surface area contributed by atoms with Crippen LogP contribution < -0.4 is 9.80 Å². The number of para-hydroxylation sites is 1. The van der Waals surface area contributed by atoms with Crippen molar-refractivity contribution >= 4 is 22.7 Å². The quantitative estimate of drug-likeness (QED) is 0.195. The van der Waals surface area contributed by atoms with Crippen LogP contribution in [-0.2, 0) is 0 Å². The summed E-state index contributed by atoms with van der Waals surface area (Å²) in [4.78, 5) is 4.67. The normalized spacial score (nSPS) is 20.9. The Morgan fingerprint density at radius 1 is 0.600 bits per heavy atom. The third-order valence-electron chi connectivity index (χ3n) is 10.8. The van der Waals surface area contributed by atoms with Crippen molar-refractivity contribution < 1.29 is 0 Å². The number of anilines is 4. The molecular weight excluding hydrogens is 611 g/mol. The molecule has 2 heterocycles. The fourth-order valence-electron chi connectivity index (χ4n) is 8.61. The van der Waals surface area contributed by atoms with Gasteiger partial charge in [-0.25, -0.2) is 0 Å². The standard InChI is InChI=1S/C45H31N5/c46-26-29-15-24-42-39(25-29)38-11-5-8-34(28-48)45(38)50(42)43-14-6-7-33(27-47)44(43)32-18-16-30(17-19-32)31-20-22-35(23-21-31)49-40-12-3-1-9-36(40)37-10-2-4-13-41(37)49/h1-4,6-10,12-25,36,38,40,45H,5,11H2. The van der Waals surface area contributed by atoms with Crippen LogP contribution in [0.1, 0.15) is 46.9 Å². The van der Waals surface area contributed by atoms with Crippen molar-refractivity contribution in [2.24, 2.45) is 0 Å². The summed E-state index contributed by atoms with van der Waals surface area (Å²) in [7, 11) is 0. The van der Waals surface area contributed by atoms with Crippen LogP contribution >= 0.6 is 0 Å². The van der Waals surface area contributed by atoms with Gasteiger partial charge in [-0.3, -0.25) is 0 Å². The Labute approximate surface area is 292 Å². The van der Waals surface area contributed by atoms with E-state index in [9.17, 15) is 15.8 Å². The second-order valence-electron chi connectivity index (χ2n) is 13.3. The van der Waals surface area contributed by atoms with Gasteiger partial charge in [0.25, 0.3) is 0 Å². The van der Waals surface area contributed by atoms with E-state index in [1.54, 1.807) is 0 Å². The summed E-state index contributed by atoms with van der Waals surface area (Å²) < 4.78 is 0. The van der Waals surface area contributed by atoms with Crippen molar-refractivity contribution in [2.45, 2.75) is 36.8 Å². The number of benzene rings is 5. The highest BCUT2D eigenvalue weighted by molar-refractivity contribution is 5.90. The molecule has 0 fully saturated rings. The van der Waals surface area contributed by atoms with Crippen molar-refractivity contribution in [3.63, 3.8) is 0 Å². The second-order valence-corrected chi connectivity index (χ2v) is 13.3. The van der Waals surface area contributed by atoms with Gasteiger partial charge in [0.2, 0.25) is 0 Å². The molecule has 5 aromatic rings. The molecule has 50 heavy (non-hydrogen) atoms. The van der Waals surface area contributed by atoms with E-state index >= 15 is 0 Å². The van der Waals surface area contributed by atoms with Gasteiger partial charge >= 0.3 is 0 Å². The number of fused-ring (bicyclic) bond motifs is 6. The Morgan fingerprint density at radius 2 is 1.32 bits per heavy atom. The molecule has 0 N–H and O–H groups in total. The third-order valence-corrected chi connectivity index (χ3v) is 10.8. The number of hydrogen-bond acceptors (Lipinski definition) is 5. The Hall–Kier alpha value is -6.61. The van der Waals surface area contributed by atoms with E-state index in [4.69, 9.17) is 0 Å². The minimum absolute atomic E-state index is 0.0902. The molecule has 0 saturated carbocycles. The number of nitriles is 3. The molecule has 2 aliphatic carbocycles. The molecule has 9 rings (SSSR count). The average Bonchev–Trinajstić information content (AvgIpc) is 3.70. The van der Waals surface area contributed by atoms with Gasteiger partial charge < -0.3 is 9.80 Å². The zero-order valence-corrected chi connectivity index (χ0v) is 27.2. The first-order chi connectivity index (χ1) is 24.7. The maximum absolute atomic E-state index is 10.3. The number of rotatable bonds is 4. The lowest BCUT2D eigenvalue weighted by molar-refractivity contribution is 0.558. The molecular formula is C45H31N5. The Morgan fingerprint density at radius 3 is 2.10 bits per heavy atom. The van der Waals surface area contributed by atoms with E-state index in [2.05, 4.69) is 131 Å². The molecule has 0 amide bonds. The number of hydrogen-bond donors (Lipinski definition) is 0. The van der Waals surface area contributed by atoms with E-state index in [1.807, 2.05) is 36.4 Å². The van der Waals surface area contributed by atoms with Crippen LogP contribution in [0.4, 0.5) is 22.7 Å². The molecule has 0 saturated heterocycles. The molecule has 4 unspecified atom stereocenters. The summed E-state index contributed by atoms with van der Waals surface area (Å²) in [5, 5.41) is 30.2. The SMILES string of the molecule is N#CC1=CCCC2c3cc(C#N)ccc3N(c3cccc(C#N)c3-c3ccc(-c4ccc(N5c6ccccc6C6C=CC=CC65)cc4)cc3)C12. The first-order valence-electron chi connectivity index (χ1n) is 17.1. The van der Waals surface area contributed by atoms with Crippen LogP contribution in [0.5, 0.6) is 0 Å². The molecule has 4 aliphatic rings. The van der Waals surface area contributed by atoms with E-state index in [-0.39, 0.29) is 18.0 Å². The number of allylic oxidation sites excluding steroid dienone is 3. The molecule has 0 spiro atoms. The van der Waals surface area contributed by atoms with Gasteiger partial charge in [-0.05, 0) is 89.2 Å². The Kier molecular flexibility index (Phi) is 6.98. The van der Waals surface area contributed by atoms with E-state index in [1.165, 1.54) is 11.3 Å². The first-order valence-corrected chi connectivity index (χ1v) is 17.1. The van der Waals surface area contributed by atoms with Gasteiger partial charge in [-0.15, -0.1) is 0 Å². The topological polar surface area (TPSA) is 77.8 Å². The van der Waals surface area contributed by atoms with Gasteiger partial charge in [-0.2, -0.15) is 15.8 Å². The van der Waals surface area contributed by atoms with Crippen molar-refractivity contribution in [1.29, 1.82) is 15.8 Å². The highest BCUT2D eigenvalue weighted by Gasteiger charge is 2.44. The molecule has 0 aromatic heterocycles. The third kappa shape index (κ3) is 4.51. The maximum atomic E-state index is 10.3.